The third kappa shape index (κ3) is 7.29. The van der Waals surface area contributed by atoms with Crippen LogP contribution in [0.25, 0.3) is 0 Å². The van der Waals surface area contributed by atoms with Crippen LogP contribution in [0.4, 0.5) is 5.69 Å². The Morgan fingerprint density at radius 2 is 1.51 bits per heavy atom. The third-order valence-electron chi connectivity index (χ3n) is 6.27. The number of rotatable bonds is 13. The van der Waals surface area contributed by atoms with Gasteiger partial charge in [-0.05, 0) is 50.1 Å². The van der Waals surface area contributed by atoms with Crippen LogP contribution >= 0.6 is 0 Å². The Morgan fingerprint density at radius 1 is 0.897 bits per heavy atom. The third-order valence-corrected chi connectivity index (χ3v) is 8.06. The van der Waals surface area contributed by atoms with Gasteiger partial charge in [0.15, 0.2) is 11.5 Å². The molecule has 39 heavy (non-hydrogen) atoms. The summed E-state index contributed by atoms with van der Waals surface area (Å²) in [5.74, 6) is -0.104. The van der Waals surface area contributed by atoms with Gasteiger partial charge in [0, 0.05) is 19.2 Å². The second-order valence-corrected chi connectivity index (χ2v) is 10.6. The fraction of sp³-hybridized carbons (Fsp3) is 0.310. The molecule has 0 aliphatic rings. The molecule has 0 heterocycles. The summed E-state index contributed by atoms with van der Waals surface area (Å²) < 4.78 is 39.4. The van der Waals surface area contributed by atoms with Crippen LogP contribution in [0.5, 0.6) is 11.5 Å². The molecule has 0 fully saturated rings. The first kappa shape index (κ1) is 29.5. The lowest BCUT2D eigenvalue weighted by Gasteiger charge is -2.32. The number of hydrogen-bond acceptors (Lipinski definition) is 6. The maximum absolute atomic E-state index is 13.8. The smallest absolute Gasteiger partial charge is 0.264 e. The van der Waals surface area contributed by atoms with E-state index in [1.54, 1.807) is 44.2 Å². The lowest BCUT2D eigenvalue weighted by atomic mass is 10.1. The van der Waals surface area contributed by atoms with E-state index < -0.39 is 28.5 Å². The average Bonchev–Trinajstić information content (AvgIpc) is 2.96. The number of anilines is 1. The van der Waals surface area contributed by atoms with Crippen LogP contribution in [0, 0.1) is 0 Å². The first-order chi connectivity index (χ1) is 18.7. The van der Waals surface area contributed by atoms with Crippen LogP contribution in [-0.4, -0.2) is 65.0 Å². The van der Waals surface area contributed by atoms with Gasteiger partial charge in [-0.3, -0.25) is 13.9 Å². The Labute approximate surface area is 230 Å². The van der Waals surface area contributed by atoms with E-state index in [0.29, 0.717) is 24.5 Å². The molecule has 0 radical (unpaired) electrons. The number of sulfonamides is 1. The largest absolute Gasteiger partial charge is 0.493 e. The van der Waals surface area contributed by atoms with Gasteiger partial charge in [-0.25, -0.2) is 8.42 Å². The number of methoxy groups -OCH3 is 2. The normalized spacial score (nSPS) is 11.8. The minimum atomic E-state index is -4.16. The van der Waals surface area contributed by atoms with Crippen LogP contribution in [0.15, 0.2) is 83.8 Å². The van der Waals surface area contributed by atoms with Crippen molar-refractivity contribution in [1.29, 1.82) is 0 Å². The van der Waals surface area contributed by atoms with Crippen molar-refractivity contribution in [3.8, 4) is 11.5 Å². The van der Waals surface area contributed by atoms with Gasteiger partial charge in [0.25, 0.3) is 10.0 Å². The van der Waals surface area contributed by atoms with Gasteiger partial charge < -0.3 is 19.7 Å². The molecule has 1 atom stereocenters. The molecule has 10 heteroatoms. The lowest BCUT2D eigenvalue weighted by molar-refractivity contribution is -0.138. The molecule has 0 aliphatic heterocycles. The first-order valence-corrected chi connectivity index (χ1v) is 14.1. The van der Waals surface area contributed by atoms with Crippen molar-refractivity contribution in [2.45, 2.75) is 31.2 Å². The number of carbonyl (C=O) groups is 2. The van der Waals surface area contributed by atoms with Crippen LogP contribution < -0.4 is 19.1 Å². The average molecular weight is 554 g/mol. The highest BCUT2D eigenvalue weighted by atomic mass is 32.2. The molecule has 0 spiro atoms. The highest BCUT2D eigenvalue weighted by Crippen LogP contribution is 2.34. The van der Waals surface area contributed by atoms with Crippen molar-refractivity contribution in [3.63, 3.8) is 0 Å². The maximum Gasteiger partial charge on any atom is 0.264 e. The Balaban J connectivity index is 2.02. The molecule has 9 nitrogen and oxygen atoms in total. The zero-order valence-electron chi connectivity index (χ0n) is 22.7. The minimum absolute atomic E-state index is 0.0280. The van der Waals surface area contributed by atoms with Crippen LogP contribution in [0.1, 0.15) is 19.4 Å². The summed E-state index contributed by atoms with van der Waals surface area (Å²) in [7, 11) is -1.24. The summed E-state index contributed by atoms with van der Waals surface area (Å²) in [5.41, 5.74) is 1.21. The number of amides is 2. The van der Waals surface area contributed by atoms with Crippen LogP contribution in [0.3, 0.4) is 0 Å². The van der Waals surface area contributed by atoms with Crippen molar-refractivity contribution in [2.75, 3.05) is 38.2 Å². The summed E-state index contributed by atoms with van der Waals surface area (Å²) >= 11 is 0. The monoisotopic (exact) mass is 553 g/mol. The van der Waals surface area contributed by atoms with Gasteiger partial charge in [0.05, 0.1) is 24.8 Å². The van der Waals surface area contributed by atoms with Crippen LogP contribution in [-0.2, 0) is 26.0 Å². The van der Waals surface area contributed by atoms with Gasteiger partial charge in [-0.1, -0.05) is 48.5 Å². The number of benzene rings is 3. The van der Waals surface area contributed by atoms with E-state index in [1.807, 2.05) is 30.3 Å². The van der Waals surface area contributed by atoms with E-state index in [2.05, 4.69) is 5.32 Å². The molecule has 3 aromatic carbocycles. The Hall–Kier alpha value is -4.05. The number of nitrogens with one attached hydrogen (secondary N) is 1. The molecule has 0 bridgehead atoms. The minimum Gasteiger partial charge on any atom is -0.493 e. The van der Waals surface area contributed by atoms with E-state index >= 15 is 0 Å². The summed E-state index contributed by atoms with van der Waals surface area (Å²) in [6, 6.07) is 21.3. The zero-order chi connectivity index (χ0) is 28.4. The van der Waals surface area contributed by atoms with Gasteiger partial charge in [-0.15, -0.1) is 0 Å². The Kier molecular flexibility index (Phi) is 10.3. The summed E-state index contributed by atoms with van der Waals surface area (Å²) in [6.45, 7) is 3.55. The van der Waals surface area contributed by atoms with Crippen molar-refractivity contribution in [1.82, 2.24) is 10.2 Å². The number of ether oxygens (including phenoxy) is 2. The number of hydrogen-bond donors (Lipinski definition) is 1. The first-order valence-electron chi connectivity index (χ1n) is 12.6. The zero-order valence-corrected chi connectivity index (χ0v) is 23.5. The summed E-state index contributed by atoms with van der Waals surface area (Å²) in [5, 5.41) is 2.75. The standard InChI is InChI=1S/C29H35N3O6S/c1-5-30-29(34)22(2)31(19-18-23-12-8-6-9-13-23)28(33)21-32(39(35,36)25-14-10-7-11-15-25)24-16-17-26(37-3)27(20-24)38-4/h6-17,20,22H,5,18-19,21H2,1-4H3,(H,30,34)/t22-/m0/s1. The van der Waals surface area contributed by atoms with E-state index in [1.165, 1.54) is 37.3 Å². The van der Waals surface area contributed by atoms with Crippen molar-refractivity contribution >= 4 is 27.5 Å². The Morgan fingerprint density at radius 3 is 2.10 bits per heavy atom. The quantitative estimate of drug-likeness (QED) is 0.347. The number of carbonyl (C=O) groups excluding carboxylic acids is 2. The maximum atomic E-state index is 13.8. The van der Waals surface area contributed by atoms with E-state index in [9.17, 15) is 18.0 Å². The molecule has 0 unspecified atom stereocenters. The molecule has 3 rings (SSSR count). The van der Waals surface area contributed by atoms with Crippen molar-refractivity contribution in [2.24, 2.45) is 0 Å². The summed E-state index contributed by atoms with van der Waals surface area (Å²) in [4.78, 5) is 28.0. The number of likely N-dealkylation sites (N-methyl/N-ethyl adjacent to an activating group) is 1. The predicted octanol–water partition coefficient (Wildman–Crippen LogP) is 3.50. The van der Waals surface area contributed by atoms with E-state index in [-0.39, 0.29) is 23.0 Å². The fourth-order valence-corrected chi connectivity index (χ4v) is 5.55. The molecule has 1 N–H and O–H groups in total. The Bertz CT molecular complexity index is 1350. The molecular weight excluding hydrogens is 518 g/mol. The van der Waals surface area contributed by atoms with Crippen molar-refractivity contribution in [3.05, 3.63) is 84.4 Å². The van der Waals surface area contributed by atoms with E-state index in [0.717, 1.165) is 9.87 Å². The van der Waals surface area contributed by atoms with Crippen LogP contribution in [0.2, 0.25) is 0 Å². The second-order valence-electron chi connectivity index (χ2n) is 8.76. The molecule has 0 aliphatic carbocycles. The van der Waals surface area contributed by atoms with Gasteiger partial charge in [0.2, 0.25) is 11.8 Å². The topological polar surface area (TPSA) is 105 Å². The summed E-state index contributed by atoms with van der Waals surface area (Å²) in [6.07, 6.45) is 0.498. The van der Waals surface area contributed by atoms with Crippen molar-refractivity contribution < 1.29 is 27.5 Å². The number of nitrogens with zero attached hydrogens (tertiary/aromatic N) is 2. The second kappa shape index (κ2) is 13.7. The molecule has 0 saturated carbocycles. The molecule has 0 saturated heterocycles. The molecule has 0 aromatic heterocycles. The highest BCUT2D eigenvalue weighted by molar-refractivity contribution is 7.92. The molecule has 208 valence electrons. The molecular formula is C29H35N3O6S. The van der Waals surface area contributed by atoms with Gasteiger partial charge in [0.1, 0.15) is 12.6 Å². The van der Waals surface area contributed by atoms with Gasteiger partial charge >= 0.3 is 0 Å². The SMILES string of the molecule is CCNC(=O)[C@H](C)N(CCc1ccccc1)C(=O)CN(c1ccc(OC)c(OC)c1)S(=O)(=O)c1ccccc1. The lowest BCUT2D eigenvalue weighted by Crippen LogP contribution is -2.52. The van der Waals surface area contributed by atoms with Gasteiger partial charge in [-0.2, -0.15) is 0 Å². The molecule has 3 aromatic rings. The van der Waals surface area contributed by atoms with E-state index in [4.69, 9.17) is 9.47 Å². The predicted molar refractivity (Wildman–Crippen MR) is 151 cm³/mol. The highest BCUT2D eigenvalue weighted by Gasteiger charge is 2.32. The fourth-order valence-electron chi connectivity index (χ4n) is 4.12. The molecule has 2 amide bonds.